The topological polar surface area (TPSA) is 0 Å². The molecular weight excluding hydrogens is 216 g/mol. The van der Waals surface area contributed by atoms with Crippen molar-refractivity contribution in [2.24, 2.45) is 0 Å². The van der Waals surface area contributed by atoms with Crippen LogP contribution in [0.5, 0.6) is 0 Å². The van der Waals surface area contributed by atoms with E-state index in [4.69, 9.17) is 0 Å². The van der Waals surface area contributed by atoms with Crippen molar-refractivity contribution in [3.05, 3.63) is 47.5 Å². The zero-order valence-corrected chi connectivity index (χ0v) is 11.9. The Hall–Kier alpha value is -1.04. The zero-order valence-electron chi connectivity index (χ0n) is 11.9. The smallest absolute Gasteiger partial charge is 0.0132 e. The summed E-state index contributed by atoms with van der Waals surface area (Å²) in [6.07, 6.45) is 14.2. The molecule has 0 heteroatoms. The Morgan fingerprint density at radius 2 is 1.72 bits per heavy atom. The van der Waals surface area contributed by atoms with Crippen LogP contribution in [0.25, 0.3) is 0 Å². The fraction of sp³-hybridized carbons (Fsp3) is 0.556. The first kappa shape index (κ1) is 13.4. The molecule has 1 aliphatic rings. The molecule has 0 bridgehead atoms. The highest BCUT2D eigenvalue weighted by Gasteiger charge is 2.30. The molecule has 1 saturated carbocycles. The van der Waals surface area contributed by atoms with Crippen molar-refractivity contribution in [1.82, 2.24) is 0 Å². The molecule has 2 rings (SSSR count). The molecule has 1 fully saturated rings. The average molecular weight is 242 g/mol. The van der Waals surface area contributed by atoms with Crippen molar-refractivity contribution >= 4 is 0 Å². The fourth-order valence-electron chi connectivity index (χ4n) is 3.10. The number of aryl methyl sites for hydroxylation is 1. The van der Waals surface area contributed by atoms with Gasteiger partial charge in [-0.15, -0.1) is 0 Å². The lowest BCUT2D eigenvalue weighted by Gasteiger charge is -2.35. The minimum atomic E-state index is 0.334. The van der Waals surface area contributed by atoms with Gasteiger partial charge in [-0.05, 0) is 31.7 Å². The summed E-state index contributed by atoms with van der Waals surface area (Å²) in [5.74, 6) is 0. The van der Waals surface area contributed by atoms with Crippen molar-refractivity contribution in [1.29, 1.82) is 0 Å². The van der Waals surface area contributed by atoms with E-state index in [-0.39, 0.29) is 0 Å². The molecule has 1 aliphatic carbocycles. The molecule has 0 aliphatic heterocycles. The summed E-state index contributed by atoms with van der Waals surface area (Å²) in [4.78, 5) is 0. The predicted octanol–water partition coefficient (Wildman–Crippen LogP) is 5.55. The van der Waals surface area contributed by atoms with Gasteiger partial charge < -0.3 is 0 Å². The summed E-state index contributed by atoms with van der Waals surface area (Å²) in [6.45, 7) is 4.42. The number of hydrogen-bond acceptors (Lipinski definition) is 0. The van der Waals surface area contributed by atoms with Gasteiger partial charge in [0, 0.05) is 5.41 Å². The maximum atomic E-state index is 2.51. The van der Waals surface area contributed by atoms with E-state index in [2.05, 4.69) is 50.3 Å². The largest absolute Gasteiger partial charge is 0.0877 e. The minimum absolute atomic E-state index is 0.334. The third-order valence-electron chi connectivity index (χ3n) is 4.26. The highest BCUT2D eigenvalue weighted by Crippen LogP contribution is 2.40. The van der Waals surface area contributed by atoms with Gasteiger partial charge in [-0.1, -0.05) is 74.6 Å². The first-order valence-electron chi connectivity index (χ1n) is 7.52. The van der Waals surface area contributed by atoms with Gasteiger partial charge in [-0.3, -0.25) is 0 Å². The number of rotatable bonds is 4. The number of benzene rings is 1. The molecule has 18 heavy (non-hydrogen) atoms. The first-order chi connectivity index (χ1) is 8.77. The van der Waals surface area contributed by atoms with Crippen LogP contribution >= 0.6 is 0 Å². The fourth-order valence-corrected chi connectivity index (χ4v) is 3.10. The Labute approximate surface area is 112 Å². The number of unbranched alkanes of at least 4 members (excludes halogenated alkanes) is 1. The van der Waals surface area contributed by atoms with Crippen molar-refractivity contribution in [2.45, 2.75) is 64.2 Å². The molecule has 1 aromatic carbocycles. The second-order valence-corrected chi connectivity index (χ2v) is 5.77. The Balaban J connectivity index is 2.25. The molecule has 1 aromatic rings. The van der Waals surface area contributed by atoms with Crippen LogP contribution in [-0.2, 0) is 5.41 Å². The van der Waals surface area contributed by atoms with Crippen LogP contribution in [0.1, 0.15) is 63.0 Å². The van der Waals surface area contributed by atoms with Crippen LogP contribution in [0.2, 0.25) is 0 Å². The molecule has 0 nitrogen and oxygen atoms in total. The molecule has 0 spiro atoms. The van der Waals surface area contributed by atoms with Crippen LogP contribution in [0.4, 0.5) is 0 Å². The summed E-state index contributed by atoms with van der Waals surface area (Å²) in [7, 11) is 0. The van der Waals surface area contributed by atoms with Crippen molar-refractivity contribution in [2.75, 3.05) is 0 Å². The monoisotopic (exact) mass is 242 g/mol. The quantitative estimate of drug-likeness (QED) is 0.607. The minimum Gasteiger partial charge on any atom is -0.0877 e. The Morgan fingerprint density at radius 1 is 1.06 bits per heavy atom. The van der Waals surface area contributed by atoms with Gasteiger partial charge in [0.15, 0.2) is 0 Å². The molecule has 0 heterocycles. The molecular formula is C18H26. The molecule has 0 atom stereocenters. The van der Waals surface area contributed by atoms with E-state index >= 15 is 0 Å². The third kappa shape index (κ3) is 3.04. The Bertz CT molecular complexity index is 377. The SMILES string of the molecule is CCC/C=C/C1(c2ccc(C)cc2)CCCCC1. The number of hydrogen-bond donors (Lipinski definition) is 0. The highest BCUT2D eigenvalue weighted by atomic mass is 14.3. The van der Waals surface area contributed by atoms with Gasteiger partial charge in [-0.2, -0.15) is 0 Å². The van der Waals surface area contributed by atoms with E-state index < -0.39 is 0 Å². The predicted molar refractivity (Wildman–Crippen MR) is 80.0 cm³/mol. The lowest BCUT2D eigenvalue weighted by Crippen LogP contribution is -2.26. The second-order valence-electron chi connectivity index (χ2n) is 5.77. The van der Waals surface area contributed by atoms with Gasteiger partial charge in [0.1, 0.15) is 0 Å². The third-order valence-corrected chi connectivity index (χ3v) is 4.26. The lowest BCUT2D eigenvalue weighted by molar-refractivity contribution is 0.356. The van der Waals surface area contributed by atoms with Crippen LogP contribution < -0.4 is 0 Å². The van der Waals surface area contributed by atoms with E-state index in [0.29, 0.717) is 5.41 Å². The first-order valence-corrected chi connectivity index (χ1v) is 7.52. The van der Waals surface area contributed by atoms with Gasteiger partial charge in [0.2, 0.25) is 0 Å². The van der Waals surface area contributed by atoms with Crippen LogP contribution in [0.3, 0.4) is 0 Å². The molecule has 0 unspecified atom stereocenters. The molecule has 0 saturated heterocycles. The maximum Gasteiger partial charge on any atom is 0.0132 e. The summed E-state index contributed by atoms with van der Waals surface area (Å²) < 4.78 is 0. The van der Waals surface area contributed by atoms with Crippen molar-refractivity contribution in [3.63, 3.8) is 0 Å². The molecule has 0 amide bonds. The van der Waals surface area contributed by atoms with Crippen molar-refractivity contribution in [3.8, 4) is 0 Å². The maximum absolute atomic E-state index is 2.51. The number of allylic oxidation sites excluding steroid dienone is 2. The zero-order chi connectivity index (χ0) is 12.8. The summed E-state index contributed by atoms with van der Waals surface area (Å²) in [6, 6.07) is 9.21. The Kier molecular flexibility index (Phi) is 4.63. The van der Waals surface area contributed by atoms with Gasteiger partial charge in [0.05, 0.1) is 0 Å². The van der Waals surface area contributed by atoms with Crippen molar-refractivity contribution < 1.29 is 0 Å². The normalized spacial score (nSPS) is 19.2. The molecule has 0 aromatic heterocycles. The van der Waals surface area contributed by atoms with E-state index in [0.717, 1.165) is 0 Å². The molecule has 0 radical (unpaired) electrons. The average Bonchev–Trinajstić information content (AvgIpc) is 2.41. The van der Waals surface area contributed by atoms with Crippen LogP contribution in [0, 0.1) is 6.92 Å². The molecule has 98 valence electrons. The highest BCUT2D eigenvalue weighted by molar-refractivity contribution is 5.33. The van der Waals surface area contributed by atoms with Gasteiger partial charge >= 0.3 is 0 Å². The lowest BCUT2D eigenvalue weighted by atomic mass is 9.69. The summed E-state index contributed by atoms with van der Waals surface area (Å²) in [5, 5.41) is 0. The van der Waals surface area contributed by atoms with E-state index in [9.17, 15) is 0 Å². The van der Waals surface area contributed by atoms with E-state index in [1.54, 1.807) is 0 Å². The van der Waals surface area contributed by atoms with E-state index in [1.807, 2.05) is 0 Å². The van der Waals surface area contributed by atoms with Crippen LogP contribution in [0.15, 0.2) is 36.4 Å². The standard InChI is InChI=1S/C18H26/c1-3-4-6-13-18(14-7-5-8-15-18)17-11-9-16(2)10-12-17/h6,9-13H,3-5,7-8,14-15H2,1-2H3/b13-6+. The van der Waals surface area contributed by atoms with Gasteiger partial charge in [-0.25, -0.2) is 0 Å². The second kappa shape index (κ2) is 6.22. The molecule has 0 N–H and O–H groups in total. The van der Waals surface area contributed by atoms with Gasteiger partial charge in [0.25, 0.3) is 0 Å². The van der Waals surface area contributed by atoms with E-state index in [1.165, 1.54) is 56.1 Å². The van der Waals surface area contributed by atoms with Crippen LogP contribution in [-0.4, -0.2) is 0 Å². The summed E-state index contributed by atoms with van der Waals surface area (Å²) in [5.41, 5.74) is 3.23. The summed E-state index contributed by atoms with van der Waals surface area (Å²) >= 11 is 0. The Morgan fingerprint density at radius 3 is 2.33 bits per heavy atom.